The van der Waals surface area contributed by atoms with Crippen molar-refractivity contribution < 1.29 is 19.1 Å². The van der Waals surface area contributed by atoms with E-state index in [4.69, 9.17) is 14.5 Å². The number of nitrogens with zero attached hydrogens (tertiary/aromatic N) is 3. The van der Waals surface area contributed by atoms with Crippen LogP contribution in [0.4, 0.5) is 5.69 Å². The van der Waals surface area contributed by atoms with Crippen LogP contribution in [0, 0.1) is 17.8 Å². The van der Waals surface area contributed by atoms with Crippen LogP contribution in [0.1, 0.15) is 116 Å². The maximum absolute atomic E-state index is 13.8. The van der Waals surface area contributed by atoms with Gasteiger partial charge in [-0.3, -0.25) is 4.79 Å². The summed E-state index contributed by atoms with van der Waals surface area (Å²) in [5, 5.41) is 0. The molecule has 0 unspecified atom stereocenters. The lowest BCUT2D eigenvalue weighted by molar-refractivity contribution is -0.171. The third kappa shape index (κ3) is 7.50. The van der Waals surface area contributed by atoms with Gasteiger partial charge in [-0.05, 0) is 94.0 Å². The predicted octanol–water partition coefficient (Wildman–Crippen LogP) is 6.85. The Balaban J connectivity index is 2.15. The highest BCUT2D eigenvalue weighted by atomic mass is 79.9. The van der Waals surface area contributed by atoms with Crippen LogP contribution >= 0.6 is 15.9 Å². The molecular formula is C30H48BrN3O4. The summed E-state index contributed by atoms with van der Waals surface area (Å²) in [6.07, 6.45) is 2.69. The van der Waals surface area contributed by atoms with Crippen molar-refractivity contribution in [1.29, 1.82) is 0 Å². The first-order valence-electron chi connectivity index (χ1n) is 14.0. The van der Waals surface area contributed by atoms with Gasteiger partial charge in [0.25, 0.3) is 5.91 Å². The molecule has 2 aliphatic rings. The van der Waals surface area contributed by atoms with E-state index in [0.717, 1.165) is 44.5 Å². The highest BCUT2D eigenvalue weighted by Gasteiger charge is 2.39. The molecule has 1 aromatic rings. The van der Waals surface area contributed by atoms with Crippen LogP contribution in [-0.2, 0) is 14.3 Å². The number of piperidine rings is 2. The van der Waals surface area contributed by atoms with E-state index in [0.29, 0.717) is 34.5 Å². The van der Waals surface area contributed by atoms with Gasteiger partial charge >= 0.3 is 5.97 Å². The minimum atomic E-state index is -0.967. The molecule has 0 aromatic carbocycles. The van der Waals surface area contributed by atoms with Crippen molar-refractivity contribution in [2.75, 3.05) is 31.1 Å². The van der Waals surface area contributed by atoms with Gasteiger partial charge in [0.15, 0.2) is 6.10 Å². The van der Waals surface area contributed by atoms with Gasteiger partial charge in [-0.1, -0.05) is 27.7 Å². The number of ether oxygens (including phenoxy) is 2. The van der Waals surface area contributed by atoms with Gasteiger partial charge in [0.05, 0.1) is 21.9 Å². The Bertz CT molecular complexity index is 1020. The van der Waals surface area contributed by atoms with E-state index in [-0.39, 0.29) is 22.8 Å². The molecule has 1 aromatic heterocycles. The molecule has 0 N–H and O–H groups in total. The van der Waals surface area contributed by atoms with Crippen LogP contribution in [0.25, 0.3) is 0 Å². The van der Waals surface area contributed by atoms with E-state index in [9.17, 15) is 9.59 Å². The molecule has 0 saturated carbocycles. The molecule has 38 heavy (non-hydrogen) atoms. The third-order valence-electron chi connectivity index (χ3n) is 7.68. The van der Waals surface area contributed by atoms with E-state index >= 15 is 0 Å². The van der Waals surface area contributed by atoms with Crippen molar-refractivity contribution in [2.24, 2.45) is 10.8 Å². The Morgan fingerprint density at radius 2 is 1.45 bits per heavy atom. The second-order valence-electron chi connectivity index (χ2n) is 13.8. The molecule has 2 saturated heterocycles. The smallest absolute Gasteiger partial charge is 0.340 e. The van der Waals surface area contributed by atoms with Crippen molar-refractivity contribution in [2.45, 2.75) is 113 Å². The predicted molar refractivity (Wildman–Crippen MR) is 156 cm³/mol. The molecule has 3 heterocycles. The number of hydrogen-bond acceptors (Lipinski definition) is 6. The molecule has 214 valence electrons. The van der Waals surface area contributed by atoms with Crippen molar-refractivity contribution in [1.82, 2.24) is 9.88 Å². The fourth-order valence-electron chi connectivity index (χ4n) is 5.12. The molecule has 8 heteroatoms. The quantitative estimate of drug-likeness (QED) is 0.336. The molecule has 2 fully saturated rings. The van der Waals surface area contributed by atoms with Crippen molar-refractivity contribution >= 4 is 33.5 Å². The molecule has 1 atom stereocenters. The van der Waals surface area contributed by atoms with Gasteiger partial charge in [0.2, 0.25) is 0 Å². The first-order valence-corrected chi connectivity index (χ1v) is 14.8. The average Bonchev–Trinajstić information content (AvgIpc) is 2.77. The lowest BCUT2D eigenvalue weighted by Gasteiger charge is -2.41. The Hall–Kier alpha value is -1.67. The fourth-order valence-corrected chi connectivity index (χ4v) is 5.84. The van der Waals surface area contributed by atoms with Gasteiger partial charge in [-0.25, -0.2) is 9.78 Å². The molecular weight excluding hydrogens is 546 g/mol. The molecule has 0 bridgehead atoms. The number of hydrogen-bond donors (Lipinski definition) is 0. The van der Waals surface area contributed by atoms with Crippen molar-refractivity contribution in [3.63, 3.8) is 0 Å². The number of esters is 1. The average molecular weight is 595 g/mol. The summed E-state index contributed by atoms with van der Waals surface area (Å²) in [7, 11) is 0. The number of rotatable bonds is 6. The van der Waals surface area contributed by atoms with E-state index in [1.165, 1.54) is 0 Å². The van der Waals surface area contributed by atoms with Crippen molar-refractivity contribution in [3.8, 4) is 0 Å². The van der Waals surface area contributed by atoms with Crippen LogP contribution in [0.15, 0.2) is 4.47 Å². The van der Waals surface area contributed by atoms with E-state index in [1.54, 1.807) is 0 Å². The second-order valence-corrected chi connectivity index (χ2v) is 14.6. The summed E-state index contributed by atoms with van der Waals surface area (Å²) in [6, 6.07) is 0. The first-order chi connectivity index (χ1) is 17.4. The van der Waals surface area contributed by atoms with E-state index in [2.05, 4.69) is 48.5 Å². The molecule has 0 aliphatic carbocycles. The minimum Gasteiger partial charge on any atom is -0.461 e. The Labute approximate surface area is 238 Å². The highest BCUT2D eigenvalue weighted by molar-refractivity contribution is 9.10. The van der Waals surface area contributed by atoms with Crippen LogP contribution in [0.3, 0.4) is 0 Å². The zero-order valence-electron chi connectivity index (χ0n) is 25.2. The molecule has 2 aliphatic heterocycles. The number of halogens is 1. The number of carbonyl (C=O) groups is 2. The first kappa shape index (κ1) is 30.9. The summed E-state index contributed by atoms with van der Waals surface area (Å²) in [6.45, 7) is 23.5. The maximum Gasteiger partial charge on any atom is 0.340 e. The van der Waals surface area contributed by atoms with E-state index in [1.807, 2.05) is 46.4 Å². The Morgan fingerprint density at radius 3 is 1.92 bits per heavy atom. The molecule has 1 amide bonds. The van der Waals surface area contributed by atoms with Gasteiger partial charge in [-0.2, -0.15) is 0 Å². The standard InChI is InChI=1S/C30H48BrN3O4/c1-19(2)37-27(36)25(38-28(4,5)6)21-20(3)32-23(26(35)34-17-13-30(9,10)14-18-34)22(31)24(21)33-15-11-29(7,8)12-16-33/h19,25H,11-18H2,1-10H3/t25-/m0/s1. The van der Waals surface area contributed by atoms with E-state index < -0.39 is 17.7 Å². The number of likely N-dealkylation sites (tertiary alicyclic amines) is 1. The summed E-state index contributed by atoms with van der Waals surface area (Å²) in [5.41, 5.74) is 2.39. The monoisotopic (exact) mass is 593 g/mol. The Morgan fingerprint density at radius 1 is 0.947 bits per heavy atom. The van der Waals surface area contributed by atoms with Crippen LogP contribution in [0.2, 0.25) is 0 Å². The van der Waals surface area contributed by atoms with Crippen LogP contribution in [0.5, 0.6) is 0 Å². The third-order valence-corrected chi connectivity index (χ3v) is 8.43. The summed E-state index contributed by atoms with van der Waals surface area (Å²) in [4.78, 5) is 36.3. The van der Waals surface area contributed by atoms with Gasteiger partial charge < -0.3 is 19.3 Å². The number of carbonyl (C=O) groups excluding carboxylic acids is 2. The summed E-state index contributed by atoms with van der Waals surface area (Å²) < 4.78 is 12.7. The van der Waals surface area contributed by atoms with Crippen LogP contribution < -0.4 is 4.90 Å². The fraction of sp³-hybridized carbons (Fsp3) is 0.767. The Kier molecular flexibility index (Phi) is 9.29. The lowest BCUT2D eigenvalue weighted by atomic mass is 9.82. The SMILES string of the molecule is Cc1nc(C(=O)N2CCC(C)(C)CC2)c(Br)c(N2CCC(C)(C)CC2)c1[C@H](OC(C)(C)C)C(=O)OC(C)C. The normalized spacial score (nSPS) is 20.4. The number of amides is 1. The molecule has 0 spiro atoms. The minimum absolute atomic E-state index is 0.0707. The summed E-state index contributed by atoms with van der Waals surface area (Å²) in [5.74, 6) is -0.513. The highest BCUT2D eigenvalue weighted by Crippen LogP contribution is 2.44. The number of aryl methyl sites for hydroxylation is 1. The number of aromatic nitrogens is 1. The van der Waals surface area contributed by atoms with Gasteiger partial charge in [-0.15, -0.1) is 0 Å². The number of pyridine rings is 1. The van der Waals surface area contributed by atoms with Gasteiger partial charge in [0, 0.05) is 37.4 Å². The number of anilines is 1. The van der Waals surface area contributed by atoms with Crippen LogP contribution in [-0.4, -0.2) is 59.6 Å². The van der Waals surface area contributed by atoms with Crippen molar-refractivity contribution in [3.05, 3.63) is 21.4 Å². The second kappa shape index (κ2) is 11.4. The van der Waals surface area contributed by atoms with Gasteiger partial charge in [0.1, 0.15) is 5.69 Å². The zero-order valence-corrected chi connectivity index (χ0v) is 26.8. The largest absolute Gasteiger partial charge is 0.461 e. The summed E-state index contributed by atoms with van der Waals surface area (Å²) >= 11 is 3.81. The molecule has 7 nitrogen and oxygen atoms in total. The zero-order chi connectivity index (χ0) is 28.6. The lowest BCUT2D eigenvalue weighted by Crippen LogP contribution is -2.42. The molecule has 3 rings (SSSR count). The molecule has 0 radical (unpaired) electrons. The maximum atomic E-state index is 13.8. The topological polar surface area (TPSA) is 72.0 Å².